The van der Waals surface area contributed by atoms with Crippen LogP contribution in [-0.2, 0) is 6.42 Å². The van der Waals surface area contributed by atoms with Gasteiger partial charge in [0, 0.05) is 24.6 Å². The van der Waals surface area contributed by atoms with Gasteiger partial charge in [-0.15, -0.1) is 0 Å². The summed E-state index contributed by atoms with van der Waals surface area (Å²) in [6.07, 6.45) is 2.07. The quantitative estimate of drug-likeness (QED) is 0.888. The van der Waals surface area contributed by atoms with E-state index in [9.17, 15) is 0 Å². The van der Waals surface area contributed by atoms with Crippen molar-refractivity contribution in [3.8, 4) is 5.75 Å². The van der Waals surface area contributed by atoms with E-state index in [1.165, 1.54) is 11.1 Å². The Labute approximate surface area is 115 Å². The molecule has 1 saturated heterocycles. The fourth-order valence-corrected chi connectivity index (χ4v) is 3.54. The molecular formula is C16H24N2O. The van der Waals surface area contributed by atoms with E-state index < -0.39 is 0 Å². The number of ether oxygens (including phenoxy) is 1. The molecule has 1 aromatic rings. The van der Waals surface area contributed by atoms with Crippen LogP contribution in [0, 0.1) is 0 Å². The lowest BCUT2D eigenvalue weighted by Crippen LogP contribution is -2.32. The number of likely N-dealkylation sites (tertiary alicyclic amines) is 1. The fourth-order valence-electron chi connectivity index (χ4n) is 3.54. The monoisotopic (exact) mass is 260 g/mol. The highest BCUT2D eigenvalue weighted by Crippen LogP contribution is 2.43. The van der Waals surface area contributed by atoms with Gasteiger partial charge >= 0.3 is 0 Å². The Morgan fingerprint density at radius 2 is 2.21 bits per heavy atom. The summed E-state index contributed by atoms with van der Waals surface area (Å²) in [5.41, 5.74) is 8.87. The largest absolute Gasteiger partial charge is 0.487 e. The first-order valence-electron chi connectivity index (χ1n) is 7.32. The molecule has 2 heterocycles. The summed E-state index contributed by atoms with van der Waals surface area (Å²) >= 11 is 0. The normalized spacial score (nSPS) is 29.3. The van der Waals surface area contributed by atoms with Gasteiger partial charge in [0.1, 0.15) is 11.4 Å². The zero-order valence-electron chi connectivity index (χ0n) is 12.1. The molecule has 2 aliphatic rings. The number of likely N-dealkylation sites (N-methyl/N-ethyl adjacent to an activating group) is 1. The summed E-state index contributed by atoms with van der Waals surface area (Å²) < 4.78 is 6.20. The maximum Gasteiger partial charge on any atom is 0.128 e. The van der Waals surface area contributed by atoms with Crippen molar-refractivity contribution in [1.29, 1.82) is 0 Å². The van der Waals surface area contributed by atoms with E-state index >= 15 is 0 Å². The van der Waals surface area contributed by atoms with Crippen LogP contribution in [0.4, 0.5) is 0 Å². The molecule has 2 aliphatic heterocycles. The molecule has 2 atom stereocenters. The highest BCUT2D eigenvalue weighted by molar-refractivity contribution is 5.48. The van der Waals surface area contributed by atoms with Crippen LogP contribution in [0.1, 0.15) is 44.4 Å². The number of hydrogen-bond acceptors (Lipinski definition) is 3. The smallest absolute Gasteiger partial charge is 0.128 e. The maximum atomic E-state index is 6.34. The number of nitrogens with zero attached hydrogens (tertiary/aromatic N) is 1. The second-order valence-electron chi connectivity index (χ2n) is 6.40. The Balaban J connectivity index is 2.01. The molecule has 104 valence electrons. The molecule has 3 nitrogen and oxygen atoms in total. The third kappa shape index (κ3) is 2.15. The molecule has 19 heavy (non-hydrogen) atoms. The summed E-state index contributed by atoms with van der Waals surface area (Å²) in [6.45, 7) is 8.66. The minimum absolute atomic E-state index is 0.0851. The standard InChI is InChI=1S/C16H24N2O/c1-4-18-9-8-13(17)14(18)12-7-5-6-11-10-16(2,3)19-15(11)12/h5-7,13-14H,4,8-10,17H2,1-3H3. The molecule has 0 aromatic heterocycles. The molecule has 2 N–H and O–H groups in total. The highest BCUT2D eigenvalue weighted by Gasteiger charge is 2.38. The molecule has 0 bridgehead atoms. The molecule has 0 saturated carbocycles. The second kappa shape index (κ2) is 4.50. The van der Waals surface area contributed by atoms with Crippen LogP contribution in [0.3, 0.4) is 0 Å². The van der Waals surface area contributed by atoms with Crippen LogP contribution >= 0.6 is 0 Å². The molecule has 0 spiro atoms. The van der Waals surface area contributed by atoms with Gasteiger partial charge in [-0.25, -0.2) is 0 Å². The number of rotatable bonds is 2. The van der Waals surface area contributed by atoms with E-state index in [-0.39, 0.29) is 11.6 Å². The first kappa shape index (κ1) is 12.9. The first-order chi connectivity index (χ1) is 9.02. The highest BCUT2D eigenvalue weighted by atomic mass is 16.5. The van der Waals surface area contributed by atoms with Crippen LogP contribution in [0.15, 0.2) is 18.2 Å². The fraction of sp³-hybridized carbons (Fsp3) is 0.625. The van der Waals surface area contributed by atoms with Gasteiger partial charge in [0.25, 0.3) is 0 Å². The minimum Gasteiger partial charge on any atom is -0.487 e. The molecule has 0 radical (unpaired) electrons. The molecule has 1 fully saturated rings. The summed E-state index contributed by atoms with van der Waals surface area (Å²) in [5.74, 6) is 1.09. The average Bonchev–Trinajstić information content (AvgIpc) is 2.86. The molecular weight excluding hydrogens is 236 g/mol. The third-order valence-electron chi connectivity index (χ3n) is 4.39. The molecule has 2 unspecified atom stereocenters. The van der Waals surface area contributed by atoms with E-state index in [4.69, 9.17) is 10.5 Å². The van der Waals surface area contributed by atoms with E-state index in [0.717, 1.165) is 31.7 Å². The van der Waals surface area contributed by atoms with Crippen LogP contribution < -0.4 is 10.5 Å². The molecule has 0 amide bonds. The SMILES string of the molecule is CCN1CCC(N)C1c1cccc2c1OC(C)(C)C2. The van der Waals surface area contributed by atoms with Crippen LogP contribution in [0.2, 0.25) is 0 Å². The van der Waals surface area contributed by atoms with Crippen LogP contribution in [0.25, 0.3) is 0 Å². The van der Waals surface area contributed by atoms with Crippen LogP contribution in [0.5, 0.6) is 5.75 Å². The van der Waals surface area contributed by atoms with Gasteiger partial charge in [-0.05, 0) is 32.4 Å². The van der Waals surface area contributed by atoms with Crippen LogP contribution in [-0.4, -0.2) is 29.6 Å². The van der Waals surface area contributed by atoms with Crippen molar-refractivity contribution in [1.82, 2.24) is 4.90 Å². The van der Waals surface area contributed by atoms with Crippen molar-refractivity contribution in [2.45, 2.75) is 51.3 Å². The summed E-state index contributed by atoms with van der Waals surface area (Å²) in [5, 5.41) is 0. The van der Waals surface area contributed by atoms with Crippen molar-refractivity contribution in [3.63, 3.8) is 0 Å². The van der Waals surface area contributed by atoms with E-state index in [1.807, 2.05) is 0 Å². The van der Waals surface area contributed by atoms with E-state index in [1.54, 1.807) is 0 Å². The summed E-state index contributed by atoms with van der Waals surface area (Å²) in [6, 6.07) is 7.06. The Kier molecular flexibility index (Phi) is 3.06. The van der Waals surface area contributed by atoms with Gasteiger partial charge in [-0.3, -0.25) is 4.90 Å². The number of fused-ring (bicyclic) bond motifs is 1. The first-order valence-corrected chi connectivity index (χ1v) is 7.32. The van der Waals surface area contributed by atoms with Crippen molar-refractivity contribution >= 4 is 0 Å². The Bertz CT molecular complexity index is 484. The van der Waals surface area contributed by atoms with Gasteiger partial charge in [-0.1, -0.05) is 25.1 Å². The lowest BCUT2D eigenvalue weighted by molar-refractivity contribution is 0.133. The Morgan fingerprint density at radius 3 is 2.95 bits per heavy atom. The Morgan fingerprint density at radius 1 is 1.42 bits per heavy atom. The Hall–Kier alpha value is -1.06. The predicted octanol–water partition coefficient (Wildman–Crippen LogP) is 2.49. The average molecular weight is 260 g/mol. The summed E-state index contributed by atoms with van der Waals surface area (Å²) in [4.78, 5) is 2.47. The van der Waals surface area contributed by atoms with E-state index in [0.29, 0.717) is 6.04 Å². The van der Waals surface area contributed by atoms with E-state index in [2.05, 4.69) is 43.9 Å². The van der Waals surface area contributed by atoms with Gasteiger partial charge in [0.2, 0.25) is 0 Å². The van der Waals surface area contributed by atoms with Crippen molar-refractivity contribution in [2.24, 2.45) is 5.73 Å². The van der Waals surface area contributed by atoms with Crippen molar-refractivity contribution in [2.75, 3.05) is 13.1 Å². The number of hydrogen-bond donors (Lipinski definition) is 1. The van der Waals surface area contributed by atoms with Gasteiger partial charge in [0.05, 0.1) is 6.04 Å². The summed E-state index contributed by atoms with van der Waals surface area (Å²) in [7, 11) is 0. The van der Waals surface area contributed by atoms with Crippen molar-refractivity contribution < 1.29 is 4.74 Å². The minimum atomic E-state index is -0.0851. The second-order valence-corrected chi connectivity index (χ2v) is 6.40. The lowest BCUT2D eigenvalue weighted by Gasteiger charge is -2.28. The topological polar surface area (TPSA) is 38.5 Å². The molecule has 3 rings (SSSR count). The lowest BCUT2D eigenvalue weighted by atomic mass is 9.95. The number of nitrogens with two attached hydrogens (primary N) is 1. The molecule has 3 heteroatoms. The maximum absolute atomic E-state index is 6.34. The van der Waals surface area contributed by atoms with Crippen molar-refractivity contribution in [3.05, 3.63) is 29.3 Å². The predicted molar refractivity (Wildman–Crippen MR) is 77.4 cm³/mol. The van der Waals surface area contributed by atoms with Gasteiger partial charge in [0.15, 0.2) is 0 Å². The zero-order valence-corrected chi connectivity index (χ0v) is 12.1. The third-order valence-corrected chi connectivity index (χ3v) is 4.39. The number of benzene rings is 1. The number of para-hydroxylation sites is 1. The molecule has 0 aliphatic carbocycles. The zero-order chi connectivity index (χ0) is 13.6. The van der Waals surface area contributed by atoms with Gasteiger partial charge < -0.3 is 10.5 Å². The van der Waals surface area contributed by atoms with Gasteiger partial charge in [-0.2, -0.15) is 0 Å². The molecule has 1 aromatic carbocycles.